The van der Waals surface area contributed by atoms with Gasteiger partial charge in [-0.1, -0.05) is 46.0 Å². The van der Waals surface area contributed by atoms with Crippen molar-refractivity contribution in [3.8, 4) is 0 Å². The second kappa shape index (κ2) is 10.8. The van der Waals surface area contributed by atoms with Crippen molar-refractivity contribution in [1.82, 2.24) is 4.98 Å². The Morgan fingerprint density at radius 3 is 2.60 bits per heavy atom. The van der Waals surface area contributed by atoms with Gasteiger partial charge in [-0.3, -0.25) is 4.79 Å². The number of esters is 1. The van der Waals surface area contributed by atoms with Crippen LogP contribution < -0.4 is 0 Å². The largest absolute Gasteiger partial charge is 0.455 e. The van der Waals surface area contributed by atoms with E-state index in [0.29, 0.717) is 6.42 Å². The third-order valence-corrected chi connectivity index (χ3v) is 4.14. The van der Waals surface area contributed by atoms with Gasteiger partial charge >= 0.3 is 5.97 Å². The van der Waals surface area contributed by atoms with Gasteiger partial charge in [-0.05, 0) is 19.3 Å². The smallest absolute Gasteiger partial charge is 0.306 e. The van der Waals surface area contributed by atoms with E-state index >= 15 is 0 Å². The second-order valence-electron chi connectivity index (χ2n) is 5.16. The number of rotatable bonds is 11. The molecule has 1 rings (SSSR count). The lowest BCUT2D eigenvalue weighted by Crippen LogP contribution is -2.11. The van der Waals surface area contributed by atoms with Gasteiger partial charge in [0.05, 0.1) is 0 Å². The molecule has 0 saturated heterocycles. The summed E-state index contributed by atoms with van der Waals surface area (Å²) in [6.45, 7) is 4.22. The minimum atomic E-state index is -0.139. The summed E-state index contributed by atoms with van der Waals surface area (Å²) in [4.78, 5) is 16.0. The van der Waals surface area contributed by atoms with Gasteiger partial charge in [0.25, 0.3) is 0 Å². The van der Waals surface area contributed by atoms with E-state index in [1.54, 1.807) is 17.5 Å². The lowest BCUT2D eigenvalue weighted by atomic mass is 10.1. The molecule has 20 heavy (non-hydrogen) atoms. The predicted octanol–water partition coefficient (Wildman–Crippen LogP) is 5.28. The molecule has 0 aliphatic carbocycles. The van der Waals surface area contributed by atoms with Crippen molar-refractivity contribution in [2.75, 3.05) is 0 Å². The van der Waals surface area contributed by atoms with Gasteiger partial charge in [0.1, 0.15) is 5.01 Å². The molecule has 1 heterocycles. The molecule has 114 valence electrons. The van der Waals surface area contributed by atoms with Crippen LogP contribution in [0.15, 0.2) is 11.6 Å². The summed E-state index contributed by atoms with van der Waals surface area (Å²) >= 11 is 1.57. The Kier molecular flexibility index (Phi) is 9.29. The molecular weight excluding hydrogens is 270 g/mol. The quantitative estimate of drug-likeness (QED) is 0.412. The van der Waals surface area contributed by atoms with E-state index in [-0.39, 0.29) is 12.1 Å². The molecule has 0 fully saturated rings. The minimum absolute atomic E-state index is 0.0984. The van der Waals surface area contributed by atoms with Crippen molar-refractivity contribution in [2.45, 2.75) is 77.7 Å². The summed E-state index contributed by atoms with van der Waals surface area (Å²) in [5.74, 6) is -0.0984. The molecule has 0 N–H and O–H groups in total. The van der Waals surface area contributed by atoms with Crippen molar-refractivity contribution >= 4 is 17.3 Å². The van der Waals surface area contributed by atoms with Crippen LogP contribution in [0.4, 0.5) is 0 Å². The summed E-state index contributed by atoms with van der Waals surface area (Å²) in [5, 5.41) is 2.88. The Morgan fingerprint density at radius 2 is 1.95 bits per heavy atom. The fraction of sp³-hybridized carbons (Fsp3) is 0.750. The van der Waals surface area contributed by atoms with Crippen molar-refractivity contribution in [3.05, 3.63) is 16.6 Å². The van der Waals surface area contributed by atoms with Crippen LogP contribution in [0.2, 0.25) is 0 Å². The number of hydrogen-bond acceptors (Lipinski definition) is 4. The second-order valence-corrected chi connectivity index (χ2v) is 6.08. The summed E-state index contributed by atoms with van der Waals surface area (Å²) in [6.07, 6.45) is 11.4. The molecule has 1 aromatic rings. The molecule has 0 spiro atoms. The highest BCUT2D eigenvalue weighted by Crippen LogP contribution is 2.26. The predicted molar refractivity (Wildman–Crippen MR) is 83.8 cm³/mol. The fourth-order valence-corrected chi connectivity index (χ4v) is 2.86. The molecule has 3 nitrogen and oxygen atoms in total. The molecule has 0 aromatic carbocycles. The first-order valence-corrected chi connectivity index (χ1v) is 8.74. The Hall–Kier alpha value is -0.900. The van der Waals surface area contributed by atoms with Crippen molar-refractivity contribution in [2.24, 2.45) is 0 Å². The Balaban J connectivity index is 2.34. The number of thiazole rings is 1. The molecule has 0 aliphatic rings. The maximum Gasteiger partial charge on any atom is 0.306 e. The molecular formula is C16H27NO2S. The standard InChI is InChI=1S/C16H27NO2S/c1-3-5-6-7-8-9-11-14(16-17-12-13-20-16)19-15(18)10-4-2/h12-14H,3-11H2,1-2H3/t14-/m1/s1. The van der Waals surface area contributed by atoms with E-state index in [0.717, 1.165) is 24.3 Å². The van der Waals surface area contributed by atoms with Crippen LogP contribution in [0.25, 0.3) is 0 Å². The van der Waals surface area contributed by atoms with Gasteiger partial charge in [0.2, 0.25) is 0 Å². The van der Waals surface area contributed by atoms with E-state index in [4.69, 9.17) is 4.74 Å². The molecule has 0 bridgehead atoms. The van der Waals surface area contributed by atoms with Crippen molar-refractivity contribution in [1.29, 1.82) is 0 Å². The normalized spacial score (nSPS) is 12.3. The zero-order valence-electron chi connectivity index (χ0n) is 12.8. The molecule has 0 amide bonds. The van der Waals surface area contributed by atoms with Crippen LogP contribution >= 0.6 is 11.3 Å². The van der Waals surface area contributed by atoms with Crippen LogP contribution in [-0.4, -0.2) is 11.0 Å². The summed E-state index contributed by atoms with van der Waals surface area (Å²) < 4.78 is 5.57. The summed E-state index contributed by atoms with van der Waals surface area (Å²) in [7, 11) is 0. The van der Waals surface area contributed by atoms with Crippen LogP contribution in [0.3, 0.4) is 0 Å². The number of aromatic nitrogens is 1. The van der Waals surface area contributed by atoms with Crippen LogP contribution in [0.5, 0.6) is 0 Å². The number of unbranched alkanes of at least 4 members (excludes halogenated alkanes) is 5. The van der Waals surface area contributed by atoms with E-state index in [9.17, 15) is 4.79 Å². The van der Waals surface area contributed by atoms with Crippen LogP contribution in [0, 0.1) is 0 Å². The summed E-state index contributed by atoms with van der Waals surface area (Å²) in [6, 6.07) is 0. The van der Waals surface area contributed by atoms with E-state index < -0.39 is 0 Å². The first kappa shape index (κ1) is 17.2. The van der Waals surface area contributed by atoms with E-state index in [1.165, 1.54) is 32.1 Å². The molecule has 0 unspecified atom stereocenters. The topological polar surface area (TPSA) is 39.2 Å². The van der Waals surface area contributed by atoms with Gasteiger partial charge in [-0.15, -0.1) is 11.3 Å². The Morgan fingerprint density at radius 1 is 1.20 bits per heavy atom. The Bertz CT molecular complexity index is 351. The molecule has 1 atom stereocenters. The van der Waals surface area contributed by atoms with Crippen molar-refractivity contribution < 1.29 is 9.53 Å². The van der Waals surface area contributed by atoms with Gasteiger partial charge in [-0.25, -0.2) is 4.98 Å². The number of ether oxygens (including phenoxy) is 1. The minimum Gasteiger partial charge on any atom is -0.455 e. The number of carbonyl (C=O) groups excluding carboxylic acids is 1. The highest BCUT2D eigenvalue weighted by molar-refractivity contribution is 7.09. The number of carbonyl (C=O) groups is 1. The maximum absolute atomic E-state index is 11.7. The SMILES string of the molecule is CCCCCCCC[C@@H](OC(=O)CCC)c1nccs1. The van der Waals surface area contributed by atoms with Gasteiger partial charge < -0.3 is 4.74 Å². The molecule has 0 aliphatic heterocycles. The number of hydrogen-bond donors (Lipinski definition) is 0. The molecule has 4 heteroatoms. The third kappa shape index (κ3) is 7.04. The van der Waals surface area contributed by atoms with Gasteiger partial charge in [0, 0.05) is 18.0 Å². The molecule has 1 aromatic heterocycles. The lowest BCUT2D eigenvalue weighted by Gasteiger charge is -2.15. The first-order valence-electron chi connectivity index (χ1n) is 7.86. The highest BCUT2D eigenvalue weighted by Gasteiger charge is 2.18. The summed E-state index contributed by atoms with van der Waals surface area (Å²) in [5.41, 5.74) is 0. The first-order chi connectivity index (χ1) is 9.77. The zero-order chi connectivity index (χ0) is 14.6. The van der Waals surface area contributed by atoms with Gasteiger partial charge in [0.15, 0.2) is 6.10 Å². The van der Waals surface area contributed by atoms with Crippen LogP contribution in [-0.2, 0) is 9.53 Å². The molecule has 0 saturated carbocycles. The monoisotopic (exact) mass is 297 g/mol. The zero-order valence-corrected chi connectivity index (χ0v) is 13.6. The molecule has 0 radical (unpaired) electrons. The average molecular weight is 297 g/mol. The fourth-order valence-electron chi connectivity index (χ4n) is 2.16. The van der Waals surface area contributed by atoms with E-state index in [1.807, 2.05) is 12.3 Å². The maximum atomic E-state index is 11.7. The van der Waals surface area contributed by atoms with E-state index in [2.05, 4.69) is 11.9 Å². The van der Waals surface area contributed by atoms with Crippen LogP contribution in [0.1, 0.15) is 82.7 Å². The Labute approximate surface area is 126 Å². The average Bonchev–Trinajstić information content (AvgIpc) is 2.95. The van der Waals surface area contributed by atoms with Gasteiger partial charge in [-0.2, -0.15) is 0 Å². The van der Waals surface area contributed by atoms with Crippen molar-refractivity contribution in [3.63, 3.8) is 0 Å². The number of nitrogens with zero attached hydrogens (tertiary/aromatic N) is 1. The third-order valence-electron chi connectivity index (χ3n) is 3.27. The highest BCUT2D eigenvalue weighted by atomic mass is 32.1. The lowest BCUT2D eigenvalue weighted by molar-refractivity contribution is -0.150.